The number of methoxy groups -OCH3 is 2. The number of nitrogens with zero attached hydrogens (tertiary/aromatic N) is 4. The molecular weight excluding hydrogens is 332 g/mol. The van der Waals surface area contributed by atoms with Gasteiger partial charge in [0.25, 0.3) is 0 Å². The molecule has 26 heavy (non-hydrogen) atoms. The van der Waals surface area contributed by atoms with Gasteiger partial charge in [0, 0.05) is 5.56 Å². The number of aryl methyl sites for hydroxylation is 1. The number of esters is 1. The summed E-state index contributed by atoms with van der Waals surface area (Å²) in [6.45, 7) is 6.38. The van der Waals surface area contributed by atoms with Gasteiger partial charge in [-0.15, -0.1) is 0 Å². The molecular formula is C19H20N4O3. The number of carbonyl (C=O) groups excluding carboxylic acids is 1. The first-order chi connectivity index (χ1) is 12.6. The van der Waals surface area contributed by atoms with Crippen LogP contribution in [0.5, 0.6) is 5.75 Å². The van der Waals surface area contributed by atoms with Crippen LogP contribution in [0.15, 0.2) is 35.3 Å². The molecule has 7 heteroatoms. The maximum atomic E-state index is 12.4. The van der Waals surface area contributed by atoms with Gasteiger partial charge in [0.2, 0.25) is 0 Å². The van der Waals surface area contributed by atoms with E-state index in [1.165, 1.54) is 7.11 Å². The fraction of sp³-hybridized carbons (Fsp3) is 0.263. The van der Waals surface area contributed by atoms with Gasteiger partial charge in [-0.2, -0.15) is 5.10 Å². The lowest BCUT2D eigenvalue weighted by Gasteiger charge is -2.10. The smallest absolute Gasteiger partial charge is 0.338 e. The van der Waals surface area contributed by atoms with E-state index < -0.39 is 5.97 Å². The molecule has 0 aliphatic heterocycles. The summed E-state index contributed by atoms with van der Waals surface area (Å²) >= 11 is 0. The summed E-state index contributed by atoms with van der Waals surface area (Å²) in [6.07, 6.45) is 0. The highest BCUT2D eigenvalue weighted by atomic mass is 16.5. The third-order valence-electron chi connectivity index (χ3n) is 4.14. The first-order valence-electron chi connectivity index (χ1n) is 8.13. The molecule has 0 amide bonds. The second-order valence-electron chi connectivity index (χ2n) is 5.70. The summed E-state index contributed by atoms with van der Waals surface area (Å²) in [5.41, 5.74) is 3.14. The van der Waals surface area contributed by atoms with Crippen molar-refractivity contribution in [3.8, 4) is 17.0 Å². The van der Waals surface area contributed by atoms with Crippen molar-refractivity contribution in [2.24, 2.45) is 4.99 Å². The minimum Gasteiger partial charge on any atom is -0.496 e. The Labute approximate surface area is 151 Å². The molecule has 2 aromatic heterocycles. The van der Waals surface area contributed by atoms with Crippen molar-refractivity contribution >= 4 is 23.7 Å². The van der Waals surface area contributed by atoms with Crippen molar-refractivity contribution in [3.05, 3.63) is 41.6 Å². The van der Waals surface area contributed by atoms with Crippen molar-refractivity contribution in [2.45, 2.75) is 13.5 Å². The van der Waals surface area contributed by atoms with Crippen molar-refractivity contribution < 1.29 is 14.3 Å². The maximum Gasteiger partial charge on any atom is 0.338 e. The summed E-state index contributed by atoms with van der Waals surface area (Å²) in [7, 11) is 2.96. The number of fused-ring (bicyclic) bond motifs is 1. The molecule has 0 saturated heterocycles. The van der Waals surface area contributed by atoms with Gasteiger partial charge in [-0.25, -0.2) is 14.5 Å². The Bertz CT molecular complexity index is 978. The van der Waals surface area contributed by atoms with Crippen LogP contribution >= 0.6 is 0 Å². The van der Waals surface area contributed by atoms with Crippen LogP contribution in [0.25, 0.3) is 22.3 Å². The van der Waals surface area contributed by atoms with Gasteiger partial charge in [-0.1, -0.05) is 12.1 Å². The second kappa shape index (κ2) is 7.35. The Morgan fingerprint density at radius 3 is 2.77 bits per heavy atom. The highest BCUT2D eigenvalue weighted by Crippen LogP contribution is 2.32. The first-order valence-corrected chi connectivity index (χ1v) is 8.13. The predicted molar refractivity (Wildman–Crippen MR) is 100 cm³/mol. The molecule has 134 valence electrons. The van der Waals surface area contributed by atoms with Crippen LogP contribution in [0.3, 0.4) is 0 Å². The van der Waals surface area contributed by atoms with Crippen molar-refractivity contribution in [2.75, 3.05) is 20.8 Å². The molecule has 3 rings (SSSR count). The number of carbonyl (C=O) groups is 1. The largest absolute Gasteiger partial charge is 0.496 e. The quantitative estimate of drug-likeness (QED) is 0.503. The van der Waals surface area contributed by atoms with Crippen LogP contribution < -0.4 is 4.74 Å². The molecule has 3 aromatic rings. The van der Waals surface area contributed by atoms with E-state index in [0.29, 0.717) is 46.8 Å². The van der Waals surface area contributed by atoms with Gasteiger partial charge in [0.05, 0.1) is 49.6 Å². The Hall–Kier alpha value is -3.22. The molecule has 0 radical (unpaired) electrons. The van der Waals surface area contributed by atoms with Crippen molar-refractivity contribution in [1.82, 2.24) is 14.8 Å². The van der Waals surface area contributed by atoms with Crippen LogP contribution in [0.4, 0.5) is 0 Å². The monoisotopic (exact) mass is 352 g/mol. The lowest BCUT2D eigenvalue weighted by Crippen LogP contribution is -2.07. The van der Waals surface area contributed by atoms with Crippen LogP contribution in [0.2, 0.25) is 0 Å². The fourth-order valence-corrected chi connectivity index (χ4v) is 2.94. The highest BCUT2D eigenvalue weighted by Gasteiger charge is 2.21. The van der Waals surface area contributed by atoms with Gasteiger partial charge < -0.3 is 9.47 Å². The minimum absolute atomic E-state index is 0.425. The highest BCUT2D eigenvalue weighted by molar-refractivity contribution is 6.05. The lowest BCUT2D eigenvalue weighted by molar-refractivity contribution is 0.0603. The van der Waals surface area contributed by atoms with Gasteiger partial charge in [-0.3, -0.25) is 4.99 Å². The maximum absolute atomic E-state index is 12.4. The number of aromatic nitrogens is 3. The third kappa shape index (κ3) is 3.03. The van der Waals surface area contributed by atoms with Gasteiger partial charge in [0.1, 0.15) is 5.75 Å². The third-order valence-corrected chi connectivity index (χ3v) is 4.14. The van der Waals surface area contributed by atoms with Crippen LogP contribution in [0.1, 0.15) is 16.1 Å². The summed E-state index contributed by atoms with van der Waals surface area (Å²) in [5.74, 6) is 0.240. The fourth-order valence-electron chi connectivity index (χ4n) is 2.94. The van der Waals surface area contributed by atoms with Crippen LogP contribution in [-0.4, -0.2) is 48.2 Å². The number of para-hydroxylation sites is 1. The summed E-state index contributed by atoms with van der Waals surface area (Å²) in [6, 6.07) is 9.24. The van der Waals surface area contributed by atoms with E-state index >= 15 is 0 Å². The van der Waals surface area contributed by atoms with Crippen LogP contribution in [0, 0.1) is 6.92 Å². The molecule has 2 heterocycles. The molecule has 0 N–H and O–H groups in total. The zero-order valence-electron chi connectivity index (χ0n) is 15.0. The SMILES string of the molecule is C=NCCn1nc(C)c2c(C(=O)OC)cc(-c3ccccc3OC)nc21. The topological polar surface area (TPSA) is 78.6 Å². The number of hydrogen-bond acceptors (Lipinski definition) is 6. The summed E-state index contributed by atoms with van der Waals surface area (Å²) in [5, 5.41) is 5.19. The number of pyridine rings is 1. The van der Waals surface area contributed by atoms with E-state index in [2.05, 4.69) is 16.8 Å². The van der Waals surface area contributed by atoms with E-state index in [4.69, 9.17) is 14.5 Å². The van der Waals surface area contributed by atoms with E-state index in [9.17, 15) is 4.79 Å². The molecule has 0 saturated carbocycles. The minimum atomic E-state index is -0.432. The van der Waals surface area contributed by atoms with Gasteiger partial charge >= 0.3 is 5.97 Å². The molecule has 0 aliphatic carbocycles. The number of hydrogen-bond donors (Lipinski definition) is 0. The number of aliphatic imine (C=N–C) groups is 1. The van der Waals surface area contributed by atoms with Crippen molar-refractivity contribution in [3.63, 3.8) is 0 Å². The second-order valence-corrected chi connectivity index (χ2v) is 5.70. The molecule has 1 aromatic carbocycles. The molecule has 0 spiro atoms. The zero-order valence-corrected chi connectivity index (χ0v) is 15.0. The Kier molecular flexibility index (Phi) is 4.97. The number of ether oxygens (including phenoxy) is 2. The van der Waals surface area contributed by atoms with E-state index in [1.54, 1.807) is 17.9 Å². The molecule has 0 unspecified atom stereocenters. The molecule has 0 aliphatic rings. The zero-order chi connectivity index (χ0) is 18.7. The lowest BCUT2D eigenvalue weighted by atomic mass is 10.0. The average Bonchev–Trinajstić information content (AvgIpc) is 3.00. The van der Waals surface area contributed by atoms with E-state index in [1.807, 2.05) is 31.2 Å². The number of rotatable bonds is 6. The normalized spacial score (nSPS) is 10.7. The summed E-state index contributed by atoms with van der Waals surface area (Å²) in [4.78, 5) is 21.0. The average molecular weight is 352 g/mol. The molecule has 0 bridgehead atoms. The molecule has 0 fully saturated rings. The first kappa shape index (κ1) is 17.6. The summed E-state index contributed by atoms with van der Waals surface area (Å²) < 4.78 is 12.2. The molecule has 7 nitrogen and oxygen atoms in total. The molecule has 0 atom stereocenters. The van der Waals surface area contributed by atoms with E-state index in [-0.39, 0.29) is 0 Å². The van der Waals surface area contributed by atoms with Crippen LogP contribution in [-0.2, 0) is 11.3 Å². The van der Waals surface area contributed by atoms with Crippen molar-refractivity contribution in [1.29, 1.82) is 0 Å². The standard InChI is InChI=1S/C19H20N4O3/c1-12-17-14(19(24)26-4)11-15(13-7-5-6-8-16(13)25-3)21-18(17)23(22-12)10-9-20-2/h5-8,11H,2,9-10H2,1,3-4H3. The Morgan fingerprint density at radius 1 is 1.31 bits per heavy atom. The predicted octanol–water partition coefficient (Wildman–Crippen LogP) is 2.90. The Morgan fingerprint density at radius 2 is 2.08 bits per heavy atom. The van der Waals surface area contributed by atoms with Gasteiger partial charge in [-0.05, 0) is 31.8 Å². The Balaban J connectivity index is 2.31. The number of benzene rings is 1. The van der Waals surface area contributed by atoms with E-state index in [0.717, 1.165) is 5.56 Å². The van der Waals surface area contributed by atoms with Gasteiger partial charge in [0.15, 0.2) is 5.65 Å².